The molecule has 6 nitrogen and oxygen atoms in total. The molecule has 0 saturated carbocycles. The van der Waals surface area contributed by atoms with Gasteiger partial charge in [0.2, 0.25) is 5.95 Å². The molecule has 0 saturated heterocycles. The van der Waals surface area contributed by atoms with Crippen molar-refractivity contribution in [3.8, 4) is 0 Å². The van der Waals surface area contributed by atoms with E-state index in [1.165, 1.54) is 0 Å². The lowest BCUT2D eigenvalue weighted by molar-refractivity contribution is 0.00697. The fraction of sp³-hybridized carbons (Fsp3) is 0.211. The first-order valence-electron chi connectivity index (χ1n) is 8.06. The van der Waals surface area contributed by atoms with Gasteiger partial charge in [0, 0.05) is 5.39 Å². The number of halogens is 1. The molecule has 0 unspecified atom stereocenters. The molecule has 0 aliphatic rings. The highest BCUT2D eigenvalue weighted by Gasteiger charge is 2.20. The van der Waals surface area contributed by atoms with Crippen LogP contribution in [-0.4, -0.2) is 21.5 Å². The lowest BCUT2D eigenvalue weighted by Crippen LogP contribution is -2.23. The fourth-order valence-electron chi connectivity index (χ4n) is 2.42. The summed E-state index contributed by atoms with van der Waals surface area (Å²) in [6, 6.07) is 14.8. The van der Waals surface area contributed by atoms with Crippen LogP contribution < -0.4 is 9.66 Å². The molecule has 1 heterocycles. The third-order valence-electron chi connectivity index (χ3n) is 3.50. The number of esters is 1. The Morgan fingerprint density at radius 3 is 2.46 bits per heavy atom. The standard InChI is InChI=1S/C19H19BrN4O2/c1-19(2,3)26-17(25)12-9-10-15-14(11-12)16(23-18(21)22-15)24(20)13-7-5-4-6-8-13/h4-11H,1-3H3,(H2,21,22,23). The lowest BCUT2D eigenvalue weighted by atomic mass is 10.1. The van der Waals surface area contributed by atoms with Gasteiger partial charge in [-0.05, 0) is 51.1 Å². The van der Waals surface area contributed by atoms with Crippen molar-refractivity contribution < 1.29 is 9.53 Å². The molecule has 0 radical (unpaired) electrons. The van der Waals surface area contributed by atoms with E-state index < -0.39 is 11.6 Å². The molecule has 2 N–H and O–H groups in total. The third kappa shape index (κ3) is 3.94. The largest absolute Gasteiger partial charge is 0.456 e. The number of nitrogens with two attached hydrogens (primary N) is 1. The van der Waals surface area contributed by atoms with Crippen molar-refractivity contribution in [2.24, 2.45) is 0 Å². The summed E-state index contributed by atoms with van der Waals surface area (Å²) in [7, 11) is 0. The molecule has 7 heteroatoms. The molecule has 3 rings (SSSR count). The molecule has 26 heavy (non-hydrogen) atoms. The molecule has 0 bridgehead atoms. The van der Waals surface area contributed by atoms with Crippen molar-refractivity contribution >= 4 is 50.5 Å². The van der Waals surface area contributed by atoms with Crippen LogP contribution in [0.4, 0.5) is 17.5 Å². The number of carbonyl (C=O) groups is 1. The van der Waals surface area contributed by atoms with Gasteiger partial charge in [-0.2, -0.15) is 4.98 Å². The summed E-state index contributed by atoms with van der Waals surface area (Å²) < 4.78 is 7.18. The van der Waals surface area contributed by atoms with E-state index in [0.717, 1.165) is 5.69 Å². The van der Waals surface area contributed by atoms with E-state index in [-0.39, 0.29) is 5.95 Å². The van der Waals surface area contributed by atoms with E-state index in [9.17, 15) is 4.79 Å². The number of fused-ring (bicyclic) bond motifs is 1. The van der Waals surface area contributed by atoms with Gasteiger partial charge in [-0.1, -0.05) is 18.2 Å². The van der Waals surface area contributed by atoms with Crippen LogP contribution in [0, 0.1) is 0 Å². The number of ether oxygens (including phenoxy) is 1. The number of para-hydroxylation sites is 1. The van der Waals surface area contributed by atoms with E-state index in [2.05, 4.69) is 26.1 Å². The Bertz CT molecular complexity index is 955. The van der Waals surface area contributed by atoms with E-state index in [1.807, 2.05) is 51.1 Å². The zero-order valence-corrected chi connectivity index (χ0v) is 16.3. The zero-order chi connectivity index (χ0) is 18.9. The summed E-state index contributed by atoms with van der Waals surface area (Å²) in [5.41, 5.74) is 7.22. The van der Waals surface area contributed by atoms with Gasteiger partial charge in [0.05, 0.1) is 32.9 Å². The molecule has 0 amide bonds. The molecule has 1 aromatic heterocycles. The van der Waals surface area contributed by atoms with Crippen LogP contribution in [0.2, 0.25) is 0 Å². The van der Waals surface area contributed by atoms with Crippen molar-refractivity contribution in [3.63, 3.8) is 0 Å². The first kappa shape index (κ1) is 18.1. The normalized spacial score (nSPS) is 11.4. The molecule has 0 aliphatic carbocycles. The minimum absolute atomic E-state index is 0.151. The first-order chi connectivity index (χ1) is 12.2. The molecule has 0 spiro atoms. The summed E-state index contributed by atoms with van der Waals surface area (Å²) in [5.74, 6) is 0.296. The number of hydrogen-bond acceptors (Lipinski definition) is 6. The second-order valence-corrected chi connectivity index (χ2v) is 7.46. The van der Waals surface area contributed by atoms with E-state index in [0.29, 0.717) is 22.3 Å². The molecule has 134 valence electrons. The van der Waals surface area contributed by atoms with Gasteiger partial charge >= 0.3 is 5.97 Å². The molecular formula is C19H19BrN4O2. The number of benzene rings is 2. The van der Waals surface area contributed by atoms with Gasteiger partial charge in [-0.3, -0.25) is 3.93 Å². The molecule has 0 aliphatic heterocycles. The number of rotatable bonds is 3. The Balaban J connectivity index is 2.10. The number of aromatic nitrogens is 2. The maximum absolute atomic E-state index is 12.4. The van der Waals surface area contributed by atoms with Gasteiger partial charge in [0.15, 0.2) is 5.82 Å². The monoisotopic (exact) mass is 414 g/mol. The van der Waals surface area contributed by atoms with Gasteiger partial charge < -0.3 is 10.5 Å². The number of nitrogens with zero attached hydrogens (tertiary/aromatic N) is 3. The Labute approximate surface area is 160 Å². The highest BCUT2D eigenvalue weighted by atomic mass is 79.9. The van der Waals surface area contributed by atoms with Crippen LogP contribution in [0.5, 0.6) is 0 Å². The Morgan fingerprint density at radius 1 is 1.12 bits per heavy atom. The van der Waals surface area contributed by atoms with E-state index in [4.69, 9.17) is 10.5 Å². The summed E-state index contributed by atoms with van der Waals surface area (Å²) in [6.45, 7) is 5.49. The van der Waals surface area contributed by atoms with Crippen LogP contribution in [-0.2, 0) is 4.74 Å². The molecule has 0 fully saturated rings. The zero-order valence-electron chi connectivity index (χ0n) is 14.7. The summed E-state index contributed by atoms with van der Waals surface area (Å²) in [5, 5.41) is 0.684. The second kappa shape index (κ2) is 6.92. The maximum atomic E-state index is 12.4. The second-order valence-electron chi connectivity index (χ2n) is 6.76. The van der Waals surface area contributed by atoms with Gasteiger partial charge in [-0.25, -0.2) is 9.78 Å². The highest BCUT2D eigenvalue weighted by Crippen LogP contribution is 2.33. The van der Waals surface area contributed by atoms with Crippen molar-refractivity contribution in [2.75, 3.05) is 9.66 Å². The quantitative estimate of drug-likeness (QED) is 0.497. The van der Waals surface area contributed by atoms with Crippen LogP contribution >= 0.6 is 16.1 Å². The average Bonchev–Trinajstić information content (AvgIpc) is 2.59. The molecular weight excluding hydrogens is 396 g/mol. The van der Waals surface area contributed by atoms with Crippen LogP contribution in [0.15, 0.2) is 48.5 Å². The molecule has 0 atom stereocenters. The first-order valence-corrected chi connectivity index (χ1v) is 8.77. The SMILES string of the molecule is CC(C)(C)OC(=O)c1ccc2nc(N)nc(N(Br)c3ccccc3)c2c1. The van der Waals surface area contributed by atoms with Crippen LogP contribution in [0.1, 0.15) is 31.1 Å². The number of anilines is 3. The van der Waals surface area contributed by atoms with Crippen LogP contribution in [0.3, 0.4) is 0 Å². The smallest absolute Gasteiger partial charge is 0.338 e. The summed E-state index contributed by atoms with van der Waals surface area (Å²) in [6.07, 6.45) is 0. The van der Waals surface area contributed by atoms with Crippen molar-refractivity contribution in [1.29, 1.82) is 0 Å². The fourth-order valence-corrected chi connectivity index (χ4v) is 2.93. The van der Waals surface area contributed by atoms with E-state index >= 15 is 0 Å². The topological polar surface area (TPSA) is 81.3 Å². The highest BCUT2D eigenvalue weighted by molar-refractivity contribution is 9.10. The van der Waals surface area contributed by atoms with Crippen molar-refractivity contribution in [3.05, 3.63) is 54.1 Å². The Morgan fingerprint density at radius 2 is 1.81 bits per heavy atom. The van der Waals surface area contributed by atoms with Gasteiger partial charge in [0.1, 0.15) is 5.60 Å². The van der Waals surface area contributed by atoms with Crippen molar-refractivity contribution in [1.82, 2.24) is 9.97 Å². The van der Waals surface area contributed by atoms with Gasteiger partial charge in [0.25, 0.3) is 0 Å². The minimum Gasteiger partial charge on any atom is -0.456 e. The summed E-state index contributed by atoms with van der Waals surface area (Å²) in [4.78, 5) is 21.0. The van der Waals surface area contributed by atoms with Crippen molar-refractivity contribution in [2.45, 2.75) is 26.4 Å². The minimum atomic E-state index is -0.571. The summed E-state index contributed by atoms with van der Waals surface area (Å²) >= 11 is 3.53. The Kier molecular flexibility index (Phi) is 4.82. The van der Waals surface area contributed by atoms with Crippen LogP contribution in [0.25, 0.3) is 10.9 Å². The predicted molar refractivity (Wildman–Crippen MR) is 107 cm³/mol. The third-order valence-corrected chi connectivity index (χ3v) is 4.24. The maximum Gasteiger partial charge on any atom is 0.338 e. The lowest BCUT2D eigenvalue weighted by Gasteiger charge is -2.20. The van der Waals surface area contributed by atoms with Gasteiger partial charge in [-0.15, -0.1) is 0 Å². The van der Waals surface area contributed by atoms with E-state index in [1.54, 1.807) is 22.1 Å². The average molecular weight is 415 g/mol. The number of nitrogen functional groups attached to an aromatic ring is 1. The number of carbonyl (C=O) groups excluding carboxylic acids is 1. The molecule has 2 aromatic carbocycles. The predicted octanol–water partition coefficient (Wildman–Crippen LogP) is 4.62. The Hall–Kier alpha value is -2.67. The molecule has 3 aromatic rings. The number of hydrogen-bond donors (Lipinski definition) is 1.